The zero-order valence-electron chi connectivity index (χ0n) is 15.4. The van der Waals surface area contributed by atoms with E-state index in [4.69, 9.17) is 16.3 Å². The first-order valence-corrected chi connectivity index (χ1v) is 8.68. The lowest BCUT2D eigenvalue weighted by atomic mass is 10.1. The van der Waals surface area contributed by atoms with Gasteiger partial charge in [0.2, 0.25) is 11.8 Å². The van der Waals surface area contributed by atoms with Gasteiger partial charge in [0, 0.05) is 30.6 Å². The van der Waals surface area contributed by atoms with E-state index >= 15 is 0 Å². The Kier molecular flexibility index (Phi) is 6.64. The van der Waals surface area contributed by atoms with E-state index < -0.39 is 0 Å². The number of aryl methyl sites for hydroxylation is 2. The SMILES string of the molecule is COc1ccc(Cl)cc1NC(=O)CCN(C(C)=O)c1cc(C)ccc1C. The first-order valence-electron chi connectivity index (χ1n) is 8.30. The molecule has 0 aliphatic heterocycles. The van der Waals surface area contributed by atoms with Gasteiger partial charge < -0.3 is 15.0 Å². The normalized spacial score (nSPS) is 10.3. The molecular formula is C20H23ClN2O3. The lowest BCUT2D eigenvalue weighted by Gasteiger charge is -2.23. The standard InChI is InChI=1S/C20H23ClN2O3/c1-13-5-6-14(2)18(11-13)23(15(3)24)10-9-20(25)22-17-12-16(21)7-8-19(17)26-4/h5-8,11-12H,9-10H2,1-4H3,(H,22,25). The van der Waals surface area contributed by atoms with Gasteiger partial charge in [0.05, 0.1) is 12.8 Å². The average Bonchev–Trinajstić information content (AvgIpc) is 2.58. The fraction of sp³-hybridized carbons (Fsp3) is 0.300. The molecule has 0 aliphatic carbocycles. The summed E-state index contributed by atoms with van der Waals surface area (Å²) in [7, 11) is 1.52. The quantitative estimate of drug-likeness (QED) is 0.817. The third-order valence-electron chi connectivity index (χ3n) is 4.03. The van der Waals surface area contributed by atoms with Gasteiger partial charge in [-0.05, 0) is 49.2 Å². The molecule has 1 N–H and O–H groups in total. The predicted molar refractivity (Wildman–Crippen MR) is 105 cm³/mol. The van der Waals surface area contributed by atoms with Crippen LogP contribution in [0.4, 0.5) is 11.4 Å². The number of methoxy groups -OCH3 is 1. The van der Waals surface area contributed by atoms with Crippen molar-refractivity contribution in [3.8, 4) is 5.75 Å². The van der Waals surface area contributed by atoms with Crippen LogP contribution in [0.1, 0.15) is 24.5 Å². The molecular weight excluding hydrogens is 352 g/mol. The summed E-state index contributed by atoms with van der Waals surface area (Å²) in [4.78, 5) is 26.1. The number of amides is 2. The zero-order chi connectivity index (χ0) is 19.3. The summed E-state index contributed by atoms with van der Waals surface area (Å²) in [6, 6.07) is 10.9. The van der Waals surface area contributed by atoms with E-state index in [-0.39, 0.29) is 24.8 Å². The van der Waals surface area contributed by atoms with E-state index in [1.165, 1.54) is 14.0 Å². The number of anilines is 2. The predicted octanol–water partition coefficient (Wildman–Crippen LogP) is 4.35. The molecule has 0 spiro atoms. The van der Waals surface area contributed by atoms with Crippen molar-refractivity contribution in [2.45, 2.75) is 27.2 Å². The van der Waals surface area contributed by atoms with Crippen molar-refractivity contribution < 1.29 is 14.3 Å². The minimum Gasteiger partial charge on any atom is -0.495 e. The maximum absolute atomic E-state index is 12.4. The number of nitrogens with one attached hydrogen (secondary N) is 1. The summed E-state index contributed by atoms with van der Waals surface area (Å²) in [5, 5.41) is 3.29. The van der Waals surface area contributed by atoms with Crippen molar-refractivity contribution in [2.24, 2.45) is 0 Å². The molecule has 26 heavy (non-hydrogen) atoms. The molecule has 2 aromatic rings. The lowest BCUT2D eigenvalue weighted by Crippen LogP contribution is -2.32. The Morgan fingerprint density at radius 2 is 1.88 bits per heavy atom. The minimum absolute atomic E-state index is 0.105. The van der Waals surface area contributed by atoms with Crippen LogP contribution in [0.3, 0.4) is 0 Å². The third kappa shape index (κ3) is 4.99. The van der Waals surface area contributed by atoms with Crippen LogP contribution in [0, 0.1) is 13.8 Å². The van der Waals surface area contributed by atoms with Crippen LogP contribution in [0.5, 0.6) is 5.75 Å². The molecule has 0 saturated carbocycles. The van der Waals surface area contributed by atoms with Crippen LogP contribution in [-0.4, -0.2) is 25.5 Å². The van der Waals surface area contributed by atoms with Gasteiger partial charge in [-0.15, -0.1) is 0 Å². The first kappa shape index (κ1) is 19.8. The number of hydrogen-bond acceptors (Lipinski definition) is 3. The molecule has 6 heteroatoms. The van der Waals surface area contributed by atoms with E-state index in [9.17, 15) is 9.59 Å². The van der Waals surface area contributed by atoms with Gasteiger partial charge >= 0.3 is 0 Å². The summed E-state index contributed by atoms with van der Waals surface area (Å²) in [6.07, 6.45) is 0.155. The second kappa shape index (κ2) is 8.72. The van der Waals surface area contributed by atoms with Crippen LogP contribution in [0.2, 0.25) is 5.02 Å². The smallest absolute Gasteiger partial charge is 0.226 e. The van der Waals surface area contributed by atoms with E-state index in [0.717, 1.165) is 16.8 Å². The van der Waals surface area contributed by atoms with Gasteiger partial charge in [-0.2, -0.15) is 0 Å². The molecule has 0 heterocycles. The highest BCUT2D eigenvalue weighted by atomic mass is 35.5. The Labute approximate surface area is 158 Å². The Bertz CT molecular complexity index is 821. The van der Waals surface area contributed by atoms with Crippen molar-refractivity contribution in [3.05, 3.63) is 52.5 Å². The van der Waals surface area contributed by atoms with E-state index in [1.54, 1.807) is 23.1 Å². The number of nitrogens with zero attached hydrogens (tertiary/aromatic N) is 1. The maximum Gasteiger partial charge on any atom is 0.226 e. The Balaban J connectivity index is 2.10. The van der Waals surface area contributed by atoms with Gasteiger partial charge in [0.1, 0.15) is 5.75 Å². The van der Waals surface area contributed by atoms with E-state index in [0.29, 0.717) is 16.5 Å². The molecule has 0 radical (unpaired) electrons. The number of rotatable bonds is 6. The molecule has 0 aromatic heterocycles. The zero-order valence-corrected chi connectivity index (χ0v) is 16.2. The van der Waals surface area contributed by atoms with Crippen molar-refractivity contribution in [2.75, 3.05) is 23.9 Å². The summed E-state index contributed by atoms with van der Waals surface area (Å²) in [6.45, 7) is 5.70. The van der Waals surface area contributed by atoms with Gasteiger partial charge in [-0.1, -0.05) is 23.7 Å². The molecule has 0 bridgehead atoms. The molecule has 0 saturated heterocycles. The highest BCUT2D eigenvalue weighted by Gasteiger charge is 2.16. The van der Waals surface area contributed by atoms with Crippen LogP contribution in [0.25, 0.3) is 0 Å². The maximum atomic E-state index is 12.4. The molecule has 2 aromatic carbocycles. The van der Waals surface area contributed by atoms with Crippen molar-refractivity contribution in [1.82, 2.24) is 0 Å². The van der Waals surface area contributed by atoms with Crippen molar-refractivity contribution >= 4 is 34.8 Å². The number of hydrogen-bond donors (Lipinski definition) is 1. The topological polar surface area (TPSA) is 58.6 Å². The van der Waals surface area contributed by atoms with E-state index in [2.05, 4.69) is 5.32 Å². The fourth-order valence-corrected chi connectivity index (χ4v) is 2.83. The van der Waals surface area contributed by atoms with Crippen molar-refractivity contribution in [1.29, 1.82) is 0 Å². The average molecular weight is 375 g/mol. The summed E-state index contributed by atoms with van der Waals surface area (Å²) >= 11 is 5.98. The minimum atomic E-state index is -0.220. The van der Waals surface area contributed by atoms with E-state index in [1.807, 2.05) is 32.0 Å². The summed E-state index contributed by atoms with van der Waals surface area (Å²) in [5.74, 6) is 0.203. The number of ether oxygens (including phenoxy) is 1. The monoisotopic (exact) mass is 374 g/mol. The largest absolute Gasteiger partial charge is 0.495 e. The van der Waals surface area contributed by atoms with Gasteiger partial charge in [-0.25, -0.2) is 0 Å². The van der Waals surface area contributed by atoms with Gasteiger partial charge in [0.15, 0.2) is 0 Å². The van der Waals surface area contributed by atoms with Crippen LogP contribution in [0.15, 0.2) is 36.4 Å². The van der Waals surface area contributed by atoms with Crippen LogP contribution < -0.4 is 15.0 Å². The molecule has 2 rings (SSSR count). The third-order valence-corrected chi connectivity index (χ3v) is 4.27. The lowest BCUT2D eigenvalue weighted by molar-refractivity contribution is -0.117. The highest BCUT2D eigenvalue weighted by Crippen LogP contribution is 2.28. The summed E-state index contributed by atoms with van der Waals surface area (Å²) in [5.41, 5.74) is 3.38. The van der Waals surface area contributed by atoms with Crippen LogP contribution in [-0.2, 0) is 9.59 Å². The molecule has 5 nitrogen and oxygen atoms in total. The first-order chi connectivity index (χ1) is 12.3. The van der Waals surface area contributed by atoms with Crippen LogP contribution >= 0.6 is 11.6 Å². The molecule has 138 valence electrons. The molecule has 0 fully saturated rings. The molecule has 0 unspecified atom stereocenters. The number of halogens is 1. The molecule has 0 atom stereocenters. The molecule has 2 amide bonds. The van der Waals surface area contributed by atoms with Gasteiger partial charge in [-0.3, -0.25) is 9.59 Å². The summed E-state index contributed by atoms with van der Waals surface area (Å²) < 4.78 is 5.23. The number of carbonyl (C=O) groups is 2. The Morgan fingerprint density at radius 1 is 1.15 bits per heavy atom. The Morgan fingerprint density at radius 3 is 2.54 bits per heavy atom. The number of carbonyl (C=O) groups excluding carboxylic acids is 2. The number of benzene rings is 2. The highest BCUT2D eigenvalue weighted by molar-refractivity contribution is 6.31. The van der Waals surface area contributed by atoms with Crippen molar-refractivity contribution in [3.63, 3.8) is 0 Å². The second-order valence-corrected chi connectivity index (χ2v) is 6.54. The fourth-order valence-electron chi connectivity index (χ4n) is 2.66. The van der Waals surface area contributed by atoms with Gasteiger partial charge in [0.25, 0.3) is 0 Å². The second-order valence-electron chi connectivity index (χ2n) is 6.10. The Hall–Kier alpha value is -2.53. The molecule has 0 aliphatic rings.